The average Bonchev–Trinajstić information content (AvgIpc) is 2.75. The fraction of sp³-hybridized carbons (Fsp3) is 0.562. The van der Waals surface area contributed by atoms with Crippen LogP contribution in [0.15, 0.2) is 18.2 Å². The van der Waals surface area contributed by atoms with E-state index in [0.29, 0.717) is 11.9 Å². The molecule has 1 aromatic heterocycles. The first-order valence-corrected chi connectivity index (χ1v) is 7.79. The first kappa shape index (κ1) is 15.3. The molecule has 110 valence electrons. The van der Waals surface area contributed by atoms with Crippen LogP contribution in [0.3, 0.4) is 0 Å². The van der Waals surface area contributed by atoms with Gasteiger partial charge in [-0.15, -0.1) is 11.6 Å². The number of aromatic nitrogens is 2. The number of hydrogen-bond donors (Lipinski definition) is 0. The Morgan fingerprint density at radius 2 is 2.10 bits per heavy atom. The lowest BCUT2D eigenvalue weighted by Gasteiger charge is -2.22. The number of hydrogen-bond acceptors (Lipinski definition) is 2. The molecule has 4 heteroatoms. The summed E-state index contributed by atoms with van der Waals surface area (Å²) in [4.78, 5) is 7.10. The largest absolute Gasteiger partial charge is 0.326 e. The molecule has 0 amide bonds. The van der Waals surface area contributed by atoms with Gasteiger partial charge >= 0.3 is 0 Å². The topological polar surface area (TPSA) is 21.1 Å². The minimum Gasteiger partial charge on any atom is -0.326 e. The molecule has 0 aliphatic carbocycles. The van der Waals surface area contributed by atoms with Crippen LogP contribution in [-0.4, -0.2) is 40.0 Å². The Bertz CT molecular complexity index is 574. The molecule has 20 heavy (non-hydrogen) atoms. The molecular formula is C16H24ClN3. The predicted octanol–water partition coefficient (Wildman–Crippen LogP) is 3.47. The van der Waals surface area contributed by atoms with E-state index in [-0.39, 0.29) is 0 Å². The van der Waals surface area contributed by atoms with Gasteiger partial charge in [-0.2, -0.15) is 0 Å². The number of aryl methyl sites for hydroxylation is 2. The summed E-state index contributed by atoms with van der Waals surface area (Å²) in [7, 11) is 2.16. The van der Waals surface area contributed by atoms with Crippen molar-refractivity contribution in [2.24, 2.45) is 0 Å². The summed E-state index contributed by atoms with van der Waals surface area (Å²) in [6.45, 7) is 8.57. The zero-order valence-corrected chi connectivity index (χ0v) is 13.6. The van der Waals surface area contributed by atoms with Crippen molar-refractivity contribution >= 4 is 22.6 Å². The number of alkyl halides is 1. The summed E-state index contributed by atoms with van der Waals surface area (Å²) in [5, 5.41) is 0. The van der Waals surface area contributed by atoms with Crippen LogP contribution >= 0.6 is 11.6 Å². The van der Waals surface area contributed by atoms with Gasteiger partial charge in [0, 0.05) is 31.4 Å². The third-order valence-corrected chi connectivity index (χ3v) is 4.11. The number of rotatable bonds is 6. The van der Waals surface area contributed by atoms with Gasteiger partial charge in [-0.1, -0.05) is 12.1 Å². The lowest BCUT2D eigenvalue weighted by molar-refractivity contribution is 0.263. The van der Waals surface area contributed by atoms with Crippen molar-refractivity contribution in [1.82, 2.24) is 14.5 Å². The number of fused-ring (bicyclic) bond motifs is 1. The summed E-state index contributed by atoms with van der Waals surface area (Å²) < 4.78 is 2.34. The van der Waals surface area contributed by atoms with Gasteiger partial charge in [0.05, 0.1) is 11.0 Å². The van der Waals surface area contributed by atoms with Gasteiger partial charge < -0.3 is 9.47 Å². The molecule has 0 spiro atoms. The van der Waals surface area contributed by atoms with Crippen molar-refractivity contribution in [2.75, 3.05) is 19.5 Å². The summed E-state index contributed by atoms with van der Waals surface area (Å²) >= 11 is 5.92. The molecule has 0 unspecified atom stereocenters. The quantitative estimate of drug-likeness (QED) is 0.761. The van der Waals surface area contributed by atoms with Gasteiger partial charge in [-0.25, -0.2) is 4.98 Å². The van der Waals surface area contributed by atoms with Crippen molar-refractivity contribution < 1.29 is 0 Å². The molecule has 2 rings (SSSR count). The average molecular weight is 294 g/mol. The van der Waals surface area contributed by atoms with Crippen molar-refractivity contribution in [3.05, 3.63) is 29.6 Å². The second-order valence-electron chi connectivity index (χ2n) is 5.64. The Labute approximate surface area is 126 Å². The summed E-state index contributed by atoms with van der Waals surface area (Å²) in [5.41, 5.74) is 3.62. The molecule has 1 heterocycles. The number of likely N-dealkylation sites (N-methyl/N-ethyl adjacent to an activating group) is 1. The summed E-state index contributed by atoms with van der Waals surface area (Å²) in [6, 6.07) is 6.86. The normalized spacial score (nSPS) is 11.9. The molecule has 0 saturated carbocycles. The van der Waals surface area contributed by atoms with E-state index in [4.69, 9.17) is 16.6 Å². The monoisotopic (exact) mass is 293 g/mol. The van der Waals surface area contributed by atoms with Crippen LogP contribution in [0.1, 0.15) is 25.2 Å². The van der Waals surface area contributed by atoms with Crippen LogP contribution in [0.25, 0.3) is 11.0 Å². The highest BCUT2D eigenvalue weighted by Gasteiger charge is 2.13. The highest BCUT2D eigenvalue weighted by molar-refractivity contribution is 6.17. The van der Waals surface area contributed by atoms with Crippen LogP contribution in [0.5, 0.6) is 0 Å². The maximum absolute atomic E-state index is 5.92. The van der Waals surface area contributed by atoms with Crippen molar-refractivity contribution in [1.29, 1.82) is 0 Å². The van der Waals surface area contributed by atoms with Crippen LogP contribution in [0, 0.1) is 6.92 Å². The Hall–Kier alpha value is -1.06. The molecule has 0 bridgehead atoms. The van der Waals surface area contributed by atoms with Gasteiger partial charge in [0.15, 0.2) is 0 Å². The van der Waals surface area contributed by atoms with E-state index in [9.17, 15) is 0 Å². The highest BCUT2D eigenvalue weighted by atomic mass is 35.5. The zero-order valence-electron chi connectivity index (χ0n) is 12.9. The second-order valence-corrected chi connectivity index (χ2v) is 6.01. The van der Waals surface area contributed by atoms with Crippen molar-refractivity contribution in [3.63, 3.8) is 0 Å². The Morgan fingerprint density at radius 1 is 1.35 bits per heavy atom. The minimum atomic E-state index is 0.558. The molecule has 0 fully saturated rings. The molecule has 0 radical (unpaired) electrons. The Morgan fingerprint density at radius 3 is 2.75 bits per heavy atom. The van der Waals surface area contributed by atoms with E-state index in [1.165, 1.54) is 11.1 Å². The van der Waals surface area contributed by atoms with Gasteiger partial charge in [0.2, 0.25) is 0 Å². The second kappa shape index (κ2) is 6.59. The maximum atomic E-state index is 5.92. The number of benzene rings is 1. The SMILES string of the molecule is Cc1cccc2nc(CCCl)n(CCN(C)C(C)C)c12. The van der Waals surface area contributed by atoms with Gasteiger partial charge in [-0.3, -0.25) is 0 Å². The first-order valence-electron chi connectivity index (χ1n) is 7.25. The van der Waals surface area contributed by atoms with E-state index in [0.717, 1.165) is 30.9 Å². The molecule has 0 atom stereocenters. The maximum Gasteiger partial charge on any atom is 0.111 e. The van der Waals surface area contributed by atoms with Gasteiger partial charge in [0.25, 0.3) is 0 Å². The zero-order chi connectivity index (χ0) is 14.7. The standard InChI is InChI=1S/C16H24ClN3/c1-12(2)19(4)10-11-20-15(8-9-17)18-14-7-5-6-13(3)16(14)20/h5-7,12H,8-11H2,1-4H3. The van der Waals surface area contributed by atoms with E-state index >= 15 is 0 Å². The van der Waals surface area contributed by atoms with Gasteiger partial charge in [-0.05, 0) is 39.4 Å². The molecule has 3 nitrogen and oxygen atoms in total. The fourth-order valence-corrected chi connectivity index (χ4v) is 2.61. The molecule has 0 aliphatic rings. The lowest BCUT2D eigenvalue weighted by Crippen LogP contribution is -2.30. The third kappa shape index (κ3) is 3.15. The predicted molar refractivity (Wildman–Crippen MR) is 86.7 cm³/mol. The first-order chi connectivity index (χ1) is 9.54. The third-order valence-electron chi connectivity index (χ3n) is 3.92. The molecule has 0 saturated heterocycles. The van der Waals surface area contributed by atoms with Gasteiger partial charge in [0.1, 0.15) is 5.82 Å². The summed E-state index contributed by atoms with van der Waals surface area (Å²) in [5.74, 6) is 1.71. The minimum absolute atomic E-state index is 0.558. The van der Waals surface area contributed by atoms with Crippen LogP contribution in [0.4, 0.5) is 0 Å². The van der Waals surface area contributed by atoms with Crippen LogP contribution < -0.4 is 0 Å². The molecule has 1 aromatic carbocycles. The van der Waals surface area contributed by atoms with Crippen LogP contribution in [0.2, 0.25) is 0 Å². The fourth-order valence-electron chi connectivity index (χ4n) is 2.45. The smallest absolute Gasteiger partial charge is 0.111 e. The van der Waals surface area contributed by atoms with E-state index < -0.39 is 0 Å². The van der Waals surface area contributed by atoms with E-state index in [1.54, 1.807) is 0 Å². The lowest BCUT2D eigenvalue weighted by atomic mass is 10.2. The Balaban J connectivity index is 2.35. The number of halogens is 1. The number of imidazole rings is 1. The molecular weight excluding hydrogens is 270 g/mol. The van der Waals surface area contributed by atoms with E-state index in [1.807, 2.05) is 0 Å². The number of para-hydroxylation sites is 1. The van der Waals surface area contributed by atoms with Crippen molar-refractivity contribution in [2.45, 2.75) is 39.8 Å². The highest BCUT2D eigenvalue weighted by Crippen LogP contribution is 2.20. The van der Waals surface area contributed by atoms with Crippen molar-refractivity contribution in [3.8, 4) is 0 Å². The Kier molecular flexibility index (Phi) is 5.06. The number of nitrogens with zero attached hydrogens (tertiary/aromatic N) is 3. The molecule has 2 aromatic rings. The molecule has 0 aliphatic heterocycles. The molecule has 0 N–H and O–H groups in total. The summed E-state index contributed by atoms with van der Waals surface area (Å²) in [6.07, 6.45) is 0.821. The van der Waals surface area contributed by atoms with E-state index in [2.05, 4.69) is 55.5 Å². The van der Waals surface area contributed by atoms with Crippen LogP contribution in [-0.2, 0) is 13.0 Å².